The molecule has 100 valence electrons. The third-order valence-electron chi connectivity index (χ3n) is 2.66. The highest BCUT2D eigenvalue weighted by Gasteiger charge is 2.15. The lowest BCUT2D eigenvalue weighted by molar-refractivity contribution is 0.0793. The zero-order valence-electron chi connectivity index (χ0n) is 10.3. The number of benzene rings is 1. The van der Waals surface area contributed by atoms with Crippen LogP contribution in [0.4, 0.5) is 0 Å². The maximum atomic E-state index is 12.2. The number of carbonyl (C=O) groups excluding carboxylic acids is 1. The zero-order valence-corrected chi connectivity index (χ0v) is 14.2. The lowest BCUT2D eigenvalue weighted by Gasteiger charge is -2.18. The molecular weight excluding hydrogens is 381 g/mol. The van der Waals surface area contributed by atoms with Crippen LogP contribution in [0.1, 0.15) is 29.6 Å². The Kier molecular flexibility index (Phi) is 7.27. The molecule has 0 fully saturated rings. The van der Waals surface area contributed by atoms with Gasteiger partial charge in [0.1, 0.15) is 0 Å². The summed E-state index contributed by atoms with van der Waals surface area (Å²) in [6.07, 6.45) is 3.27. The van der Waals surface area contributed by atoms with Crippen molar-refractivity contribution in [2.24, 2.45) is 0 Å². The van der Waals surface area contributed by atoms with Gasteiger partial charge in [-0.25, -0.2) is 0 Å². The van der Waals surface area contributed by atoms with Gasteiger partial charge in [-0.2, -0.15) is 0 Å². The van der Waals surface area contributed by atoms with Crippen LogP contribution < -0.4 is 0 Å². The van der Waals surface area contributed by atoms with Gasteiger partial charge in [0.2, 0.25) is 0 Å². The molecule has 0 aliphatic carbocycles. The van der Waals surface area contributed by atoms with Crippen molar-refractivity contribution >= 4 is 49.4 Å². The first-order valence-corrected chi connectivity index (χ1v) is 8.12. The molecule has 0 aliphatic heterocycles. The first-order valence-electron chi connectivity index (χ1n) is 5.83. The fourth-order valence-electron chi connectivity index (χ4n) is 1.60. The summed E-state index contributed by atoms with van der Waals surface area (Å²) in [5, 5.41) is 1.50. The van der Waals surface area contributed by atoms with E-state index < -0.39 is 0 Å². The highest BCUT2D eigenvalue weighted by molar-refractivity contribution is 9.10. The number of halogens is 3. The fraction of sp³-hybridized carbons (Fsp3) is 0.462. The first kappa shape index (κ1) is 16.0. The molecule has 0 aromatic heterocycles. The second-order valence-electron chi connectivity index (χ2n) is 4.08. The minimum Gasteiger partial charge on any atom is -0.342 e. The molecule has 0 saturated carbocycles. The van der Waals surface area contributed by atoms with Crippen LogP contribution in [0.25, 0.3) is 0 Å². The molecule has 1 aromatic rings. The number of amides is 1. The first-order chi connectivity index (χ1) is 8.57. The maximum absolute atomic E-state index is 12.2. The monoisotopic (exact) mass is 395 g/mol. The van der Waals surface area contributed by atoms with E-state index in [1.165, 1.54) is 0 Å². The molecule has 0 unspecified atom stereocenters. The van der Waals surface area contributed by atoms with E-state index in [9.17, 15) is 4.79 Å². The quantitative estimate of drug-likeness (QED) is 0.502. The molecule has 1 rings (SSSR count). The number of unbranched alkanes of at least 4 members (excludes halogenated alkanes) is 2. The summed E-state index contributed by atoms with van der Waals surface area (Å²) in [5.74, 6) is -0.0276. The van der Waals surface area contributed by atoms with Gasteiger partial charge in [0.05, 0.1) is 10.6 Å². The van der Waals surface area contributed by atoms with Gasteiger partial charge in [-0.05, 0) is 40.9 Å². The Labute approximate surface area is 130 Å². The molecule has 0 atom stereocenters. The molecule has 0 aliphatic rings. The van der Waals surface area contributed by atoms with E-state index in [-0.39, 0.29) is 5.91 Å². The standard InChI is InChI=1S/C13H16Br2ClNO/c1-17(9-4-2-3-8-14)13(18)10-6-5-7-11(15)12(10)16/h5-7H,2-4,8-9H2,1H3. The lowest BCUT2D eigenvalue weighted by Crippen LogP contribution is -2.28. The molecule has 0 spiro atoms. The Morgan fingerprint density at radius 3 is 2.72 bits per heavy atom. The van der Waals surface area contributed by atoms with Crippen LogP contribution in [0.2, 0.25) is 5.02 Å². The lowest BCUT2D eigenvalue weighted by atomic mass is 10.2. The second-order valence-corrected chi connectivity index (χ2v) is 6.10. The van der Waals surface area contributed by atoms with Crippen LogP contribution in [0.5, 0.6) is 0 Å². The molecule has 0 saturated heterocycles. The molecule has 0 bridgehead atoms. The van der Waals surface area contributed by atoms with E-state index in [2.05, 4.69) is 31.9 Å². The topological polar surface area (TPSA) is 20.3 Å². The molecule has 0 radical (unpaired) electrons. The van der Waals surface area contributed by atoms with E-state index >= 15 is 0 Å². The van der Waals surface area contributed by atoms with Gasteiger partial charge in [0.25, 0.3) is 5.91 Å². The van der Waals surface area contributed by atoms with E-state index in [0.29, 0.717) is 10.6 Å². The number of rotatable bonds is 6. The molecule has 2 nitrogen and oxygen atoms in total. The Morgan fingerprint density at radius 1 is 1.33 bits per heavy atom. The van der Waals surface area contributed by atoms with Crippen molar-refractivity contribution in [1.29, 1.82) is 0 Å². The van der Waals surface area contributed by atoms with Gasteiger partial charge in [-0.1, -0.05) is 40.0 Å². The van der Waals surface area contributed by atoms with Crippen molar-refractivity contribution in [2.45, 2.75) is 19.3 Å². The van der Waals surface area contributed by atoms with Gasteiger partial charge in [0.15, 0.2) is 0 Å². The SMILES string of the molecule is CN(CCCCCBr)C(=O)c1cccc(Br)c1Cl. The van der Waals surface area contributed by atoms with Crippen molar-refractivity contribution in [3.63, 3.8) is 0 Å². The Balaban J connectivity index is 2.60. The summed E-state index contributed by atoms with van der Waals surface area (Å²) < 4.78 is 0.753. The minimum atomic E-state index is -0.0276. The molecule has 0 N–H and O–H groups in total. The Bertz CT molecular complexity index is 412. The fourth-order valence-corrected chi connectivity index (χ4v) is 2.57. The van der Waals surface area contributed by atoms with Crippen molar-refractivity contribution < 1.29 is 4.79 Å². The average molecular weight is 398 g/mol. The van der Waals surface area contributed by atoms with Gasteiger partial charge in [-0.3, -0.25) is 4.79 Å². The summed E-state index contributed by atoms with van der Waals surface area (Å²) in [7, 11) is 1.81. The predicted octanol–water partition coefficient (Wildman–Crippen LogP) is 4.74. The van der Waals surface area contributed by atoms with Crippen molar-refractivity contribution in [1.82, 2.24) is 4.90 Å². The Morgan fingerprint density at radius 2 is 2.06 bits per heavy atom. The molecule has 18 heavy (non-hydrogen) atoms. The summed E-state index contributed by atoms with van der Waals surface area (Å²) in [6, 6.07) is 5.40. The summed E-state index contributed by atoms with van der Waals surface area (Å²) in [5.41, 5.74) is 0.550. The Hall–Kier alpha value is -0.0600. The van der Waals surface area contributed by atoms with E-state index in [1.54, 1.807) is 11.0 Å². The van der Waals surface area contributed by atoms with Gasteiger partial charge >= 0.3 is 0 Å². The van der Waals surface area contributed by atoms with E-state index in [4.69, 9.17) is 11.6 Å². The highest BCUT2D eigenvalue weighted by Crippen LogP contribution is 2.26. The third-order valence-corrected chi connectivity index (χ3v) is 4.51. The van der Waals surface area contributed by atoms with Crippen molar-refractivity contribution in [2.75, 3.05) is 18.9 Å². The number of nitrogens with zero attached hydrogens (tertiary/aromatic N) is 1. The molecule has 5 heteroatoms. The van der Waals surface area contributed by atoms with Crippen LogP contribution in [0, 0.1) is 0 Å². The maximum Gasteiger partial charge on any atom is 0.255 e. The predicted molar refractivity (Wildman–Crippen MR) is 83.8 cm³/mol. The van der Waals surface area contributed by atoms with E-state index in [0.717, 1.165) is 35.6 Å². The van der Waals surface area contributed by atoms with Crippen LogP contribution in [-0.2, 0) is 0 Å². The summed E-state index contributed by atoms with van der Waals surface area (Å²) in [6.45, 7) is 0.759. The molecule has 1 aromatic carbocycles. The van der Waals surface area contributed by atoms with E-state index in [1.807, 2.05) is 19.2 Å². The summed E-state index contributed by atoms with van der Waals surface area (Å²) in [4.78, 5) is 13.9. The van der Waals surface area contributed by atoms with Gasteiger partial charge < -0.3 is 4.90 Å². The van der Waals surface area contributed by atoms with Crippen LogP contribution in [-0.4, -0.2) is 29.7 Å². The number of hydrogen-bond acceptors (Lipinski definition) is 1. The van der Waals surface area contributed by atoms with Gasteiger partial charge in [-0.15, -0.1) is 0 Å². The van der Waals surface area contributed by atoms with Crippen molar-refractivity contribution in [3.8, 4) is 0 Å². The third kappa shape index (κ3) is 4.56. The van der Waals surface area contributed by atoms with Crippen LogP contribution >= 0.6 is 43.5 Å². The molecular formula is C13H16Br2ClNO. The summed E-state index contributed by atoms with van der Waals surface area (Å²) >= 11 is 12.8. The second kappa shape index (κ2) is 8.18. The van der Waals surface area contributed by atoms with Crippen LogP contribution in [0.3, 0.4) is 0 Å². The van der Waals surface area contributed by atoms with Crippen molar-refractivity contribution in [3.05, 3.63) is 33.3 Å². The van der Waals surface area contributed by atoms with Crippen LogP contribution in [0.15, 0.2) is 22.7 Å². The normalized spacial score (nSPS) is 10.4. The molecule has 0 heterocycles. The minimum absolute atomic E-state index is 0.0276. The van der Waals surface area contributed by atoms with Gasteiger partial charge in [0, 0.05) is 23.4 Å². The zero-order chi connectivity index (χ0) is 13.5. The largest absolute Gasteiger partial charge is 0.342 e. The number of carbonyl (C=O) groups is 1. The average Bonchev–Trinajstić information content (AvgIpc) is 2.37. The highest BCUT2D eigenvalue weighted by atomic mass is 79.9. The number of alkyl halides is 1. The smallest absolute Gasteiger partial charge is 0.255 e. The molecule has 1 amide bonds. The number of hydrogen-bond donors (Lipinski definition) is 0.